The molecule has 0 saturated carbocycles. The fraction of sp³-hybridized carbons (Fsp3) is 0.333. The molecule has 3 aromatic rings. The van der Waals surface area contributed by atoms with E-state index in [1.54, 1.807) is 35.5 Å². The molecule has 0 N–H and O–H groups in total. The third-order valence-electron chi connectivity index (χ3n) is 4.62. The molecule has 0 fully saturated rings. The van der Waals surface area contributed by atoms with E-state index in [4.69, 9.17) is 4.74 Å². The van der Waals surface area contributed by atoms with Crippen molar-refractivity contribution < 1.29 is 18.3 Å². The van der Waals surface area contributed by atoms with Gasteiger partial charge in [0.25, 0.3) is 11.8 Å². The van der Waals surface area contributed by atoms with Crippen molar-refractivity contribution in [2.45, 2.75) is 32.7 Å². The summed E-state index contributed by atoms with van der Waals surface area (Å²) in [5.41, 5.74) is 0.865. The first-order valence-electron chi connectivity index (χ1n) is 9.55. The topological polar surface area (TPSA) is 73.1 Å². The molecule has 0 radical (unpaired) electrons. The van der Waals surface area contributed by atoms with E-state index >= 15 is 0 Å². The van der Waals surface area contributed by atoms with Gasteiger partial charge in [-0.25, -0.2) is 13.8 Å². The van der Waals surface area contributed by atoms with Crippen LogP contribution in [0.3, 0.4) is 0 Å². The smallest absolute Gasteiger partial charge is 0.272 e. The van der Waals surface area contributed by atoms with E-state index in [1.165, 1.54) is 16.9 Å². The molecule has 1 atom stereocenters. The highest BCUT2D eigenvalue weighted by atomic mass is 19.3. The summed E-state index contributed by atoms with van der Waals surface area (Å²) >= 11 is 0. The van der Waals surface area contributed by atoms with E-state index in [9.17, 15) is 13.6 Å². The monoisotopic (exact) mass is 415 g/mol. The van der Waals surface area contributed by atoms with E-state index in [0.29, 0.717) is 17.8 Å². The Labute approximate surface area is 173 Å². The second-order valence-electron chi connectivity index (χ2n) is 6.86. The maximum atomic E-state index is 13.3. The molecule has 158 valence electrons. The molecule has 0 aliphatic heterocycles. The van der Waals surface area contributed by atoms with Gasteiger partial charge >= 0.3 is 0 Å². The van der Waals surface area contributed by atoms with Crippen LogP contribution in [0.15, 0.2) is 55.0 Å². The Morgan fingerprint density at radius 3 is 2.50 bits per heavy atom. The third kappa shape index (κ3) is 4.79. The van der Waals surface area contributed by atoms with Crippen molar-refractivity contribution in [2.75, 3.05) is 13.2 Å². The molecular weight excluding hydrogens is 392 g/mol. The number of ether oxygens (including phenoxy) is 1. The van der Waals surface area contributed by atoms with Gasteiger partial charge in [-0.05, 0) is 32.0 Å². The number of benzene rings is 1. The molecule has 1 amide bonds. The highest BCUT2D eigenvalue weighted by Crippen LogP contribution is 2.27. The average molecular weight is 415 g/mol. The Morgan fingerprint density at radius 2 is 1.90 bits per heavy atom. The number of aromatic nitrogens is 4. The SMILES string of the molecule is CCN(C(=O)c1ccccc1-n1nccn1)[C@@H](C)COc1ccc(C(C)(F)F)cn1. The molecule has 0 bridgehead atoms. The lowest BCUT2D eigenvalue weighted by atomic mass is 10.1. The number of alkyl halides is 2. The van der Waals surface area contributed by atoms with E-state index in [1.807, 2.05) is 19.9 Å². The van der Waals surface area contributed by atoms with Gasteiger partial charge in [-0.3, -0.25) is 4.79 Å². The predicted molar refractivity (Wildman–Crippen MR) is 107 cm³/mol. The number of halogens is 2. The lowest BCUT2D eigenvalue weighted by Crippen LogP contribution is -2.42. The number of para-hydroxylation sites is 1. The zero-order chi connectivity index (χ0) is 21.7. The van der Waals surface area contributed by atoms with Crippen LogP contribution in [-0.4, -0.2) is 50.0 Å². The maximum absolute atomic E-state index is 13.3. The number of hydrogen-bond donors (Lipinski definition) is 0. The summed E-state index contributed by atoms with van der Waals surface area (Å²) in [6, 6.07) is 9.49. The molecule has 1 aromatic carbocycles. The Morgan fingerprint density at radius 1 is 1.20 bits per heavy atom. The van der Waals surface area contributed by atoms with Crippen molar-refractivity contribution >= 4 is 5.91 Å². The van der Waals surface area contributed by atoms with E-state index in [2.05, 4.69) is 15.2 Å². The van der Waals surface area contributed by atoms with Crippen molar-refractivity contribution in [3.63, 3.8) is 0 Å². The van der Waals surface area contributed by atoms with E-state index in [0.717, 1.165) is 13.1 Å². The van der Waals surface area contributed by atoms with Crippen LogP contribution in [0.4, 0.5) is 8.78 Å². The van der Waals surface area contributed by atoms with Crippen molar-refractivity contribution in [1.82, 2.24) is 24.9 Å². The van der Waals surface area contributed by atoms with E-state index in [-0.39, 0.29) is 30.0 Å². The van der Waals surface area contributed by atoms with Crippen LogP contribution >= 0.6 is 0 Å². The average Bonchev–Trinajstić information content (AvgIpc) is 3.27. The lowest BCUT2D eigenvalue weighted by molar-refractivity contribution is 0.0169. The van der Waals surface area contributed by atoms with Gasteiger partial charge in [0.1, 0.15) is 6.61 Å². The summed E-state index contributed by atoms with van der Waals surface area (Å²) in [7, 11) is 0. The summed E-state index contributed by atoms with van der Waals surface area (Å²) < 4.78 is 32.2. The second kappa shape index (κ2) is 8.98. The molecule has 0 unspecified atom stereocenters. The Bertz CT molecular complexity index is 972. The zero-order valence-electron chi connectivity index (χ0n) is 17.0. The van der Waals surface area contributed by atoms with Crippen LogP contribution in [0, 0.1) is 0 Å². The molecule has 9 heteroatoms. The molecule has 30 heavy (non-hydrogen) atoms. The molecular formula is C21H23F2N5O2. The van der Waals surface area contributed by atoms with E-state index < -0.39 is 5.92 Å². The zero-order valence-corrected chi connectivity index (χ0v) is 17.0. The van der Waals surface area contributed by atoms with Gasteiger partial charge < -0.3 is 9.64 Å². The van der Waals surface area contributed by atoms with Crippen molar-refractivity contribution in [3.05, 3.63) is 66.1 Å². The van der Waals surface area contributed by atoms with Crippen LogP contribution in [0.5, 0.6) is 5.88 Å². The Hall–Kier alpha value is -3.36. The normalized spacial score (nSPS) is 12.4. The van der Waals surface area contributed by atoms with Gasteiger partial charge in [-0.2, -0.15) is 15.0 Å². The first kappa shape index (κ1) is 21.4. The van der Waals surface area contributed by atoms with Crippen LogP contribution in [0.2, 0.25) is 0 Å². The minimum absolute atomic E-state index is 0.163. The maximum Gasteiger partial charge on any atom is 0.272 e. The van der Waals surface area contributed by atoms with Gasteiger partial charge in [-0.1, -0.05) is 12.1 Å². The molecule has 0 aliphatic rings. The summed E-state index contributed by atoms with van der Waals surface area (Å²) in [5, 5.41) is 8.22. The number of nitrogens with zero attached hydrogens (tertiary/aromatic N) is 5. The summed E-state index contributed by atoms with van der Waals surface area (Å²) in [6.07, 6.45) is 4.18. The highest BCUT2D eigenvalue weighted by molar-refractivity contribution is 5.97. The number of carbonyl (C=O) groups is 1. The van der Waals surface area contributed by atoms with Gasteiger partial charge in [0.05, 0.1) is 29.7 Å². The molecule has 3 rings (SSSR count). The quantitative estimate of drug-likeness (QED) is 0.561. The summed E-state index contributed by atoms with van der Waals surface area (Å²) in [4.78, 5) is 20.2. The molecule has 0 saturated heterocycles. The van der Waals surface area contributed by atoms with Gasteiger partial charge in [0, 0.05) is 31.3 Å². The van der Waals surface area contributed by atoms with Crippen LogP contribution in [0.25, 0.3) is 5.69 Å². The minimum Gasteiger partial charge on any atom is -0.475 e. The van der Waals surface area contributed by atoms with Crippen molar-refractivity contribution in [2.24, 2.45) is 0 Å². The van der Waals surface area contributed by atoms with Crippen LogP contribution in [-0.2, 0) is 5.92 Å². The Balaban J connectivity index is 1.71. The summed E-state index contributed by atoms with van der Waals surface area (Å²) in [5.74, 6) is -2.92. The predicted octanol–water partition coefficient (Wildman–Crippen LogP) is 3.70. The fourth-order valence-electron chi connectivity index (χ4n) is 3.00. The molecule has 2 heterocycles. The summed E-state index contributed by atoms with van der Waals surface area (Å²) in [6.45, 7) is 5.16. The molecule has 7 nitrogen and oxygen atoms in total. The van der Waals surface area contributed by atoms with Crippen LogP contribution < -0.4 is 4.74 Å². The highest BCUT2D eigenvalue weighted by Gasteiger charge is 2.25. The van der Waals surface area contributed by atoms with Gasteiger partial charge in [0.15, 0.2) is 0 Å². The second-order valence-corrected chi connectivity index (χ2v) is 6.86. The number of pyridine rings is 1. The van der Waals surface area contributed by atoms with Gasteiger partial charge in [-0.15, -0.1) is 0 Å². The molecule has 0 spiro atoms. The molecule has 2 aromatic heterocycles. The van der Waals surface area contributed by atoms with Gasteiger partial charge in [0.2, 0.25) is 5.88 Å². The largest absolute Gasteiger partial charge is 0.475 e. The van der Waals surface area contributed by atoms with Crippen LogP contribution in [0.1, 0.15) is 36.7 Å². The number of amides is 1. The third-order valence-corrected chi connectivity index (χ3v) is 4.62. The minimum atomic E-state index is -2.96. The molecule has 0 aliphatic carbocycles. The number of likely N-dealkylation sites (N-methyl/N-ethyl adjacent to an activating group) is 1. The first-order valence-corrected chi connectivity index (χ1v) is 9.55. The van der Waals surface area contributed by atoms with Crippen molar-refractivity contribution in [1.29, 1.82) is 0 Å². The fourth-order valence-corrected chi connectivity index (χ4v) is 3.00. The van der Waals surface area contributed by atoms with Crippen molar-refractivity contribution in [3.8, 4) is 11.6 Å². The standard InChI is InChI=1S/C21H23F2N5O2/c1-4-27(15(2)14-30-19-10-9-16(13-24-19)21(3,22)23)20(29)17-7-5-6-8-18(17)28-25-11-12-26-28/h5-13,15H,4,14H2,1-3H3/t15-/m0/s1. The Kier molecular flexibility index (Phi) is 6.39. The number of hydrogen-bond acceptors (Lipinski definition) is 5. The number of carbonyl (C=O) groups excluding carboxylic acids is 1. The lowest BCUT2D eigenvalue weighted by Gasteiger charge is -2.28. The number of rotatable bonds is 8. The first-order chi connectivity index (χ1) is 14.3.